The van der Waals surface area contributed by atoms with Crippen LogP contribution >= 0.6 is 11.6 Å². The zero-order chi connectivity index (χ0) is 12.5. The maximum Gasteiger partial charge on any atom is 0.353 e. The standard InChI is InChI=1S/C14H12ClN3.ClH/c15-11-6-2-1-5-10(11)9-18-13-8-4-3-7-12(13)17-14(18)16;/h1-8H,9H2,(H2,16,17);1H. The number of aromatic nitrogens is 2. The van der Waals surface area contributed by atoms with Gasteiger partial charge in [0, 0.05) is 10.6 Å². The number of rotatable bonds is 2. The molecule has 0 aliphatic carbocycles. The molecule has 19 heavy (non-hydrogen) atoms. The van der Waals surface area contributed by atoms with E-state index in [0.29, 0.717) is 12.5 Å². The molecule has 0 fully saturated rings. The first-order chi connectivity index (χ1) is 8.75. The second-order valence-electron chi connectivity index (χ2n) is 4.20. The normalized spacial score (nSPS) is 10.4. The van der Waals surface area contributed by atoms with Gasteiger partial charge in [-0.3, -0.25) is 5.73 Å². The number of aromatic amines is 1. The minimum Gasteiger partial charge on any atom is -1.00 e. The van der Waals surface area contributed by atoms with Crippen molar-refractivity contribution in [3.8, 4) is 0 Å². The summed E-state index contributed by atoms with van der Waals surface area (Å²) in [7, 11) is 0. The highest BCUT2D eigenvalue weighted by Gasteiger charge is 2.14. The van der Waals surface area contributed by atoms with Crippen LogP contribution in [0.1, 0.15) is 5.56 Å². The van der Waals surface area contributed by atoms with Crippen molar-refractivity contribution in [2.24, 2.45) is 0 Å². The van der Waals surface area contributed by atoms with Crippen LogP contribution in [0.3, 0.4) is 0 Å². The highest BCUT2D eigenvalue weighted by Crippen LogP contribution is 2.16. The zero-order valence-electron chi connectivity index (χ0n) is 10.1. The minimum atomic E-state index is 0. The van der Waals surface area contributed by atoms with Crippen LogP contribution in [0.15, 0.2) is 48.5 Å². The van der Waals surface area contributed by atoms with E-state index in [9.17, 15) is 0 Å². The van der Waals surface area contributed by atoms with Crippen molar-refractivity contribution >= 4 is 28.6 Å². The van der Waals surface area contributed by atoms with Gasteiger partial charge in [-0.1, -0.05) is 41.9 Å². The summed E-state index contributed by atoms with van der Waals surface area (Å²) in [5.74, 6) is 0.635. The first-order valence-corrected chi connectivity index (χ1v) is 6.13. The van der Waals surface area contributed by atoms with Gasteiger partial charge >= 0.3 is 5.95 Å². The van der Waals surface area contributed by atoms with Gasteiger partial charge in [-0.25, -0.2) is 9.55 Å². The van der Waals surface area contributed by atoms with Crippen molar-refractivity contribution in [2.75, 3.05) is 5.73 Å². The summed E-state index contributed by atoms with van der Waals surface area (Å²) in [5, 5.41) is 0.759. The summed E-state index contributed by atoms with van der Waals surface area (Å²) in [5.41, 5.74) is 9.18. The summed E-state index contributed by atoms with van der Waals surface area (Å²) in [6.45, 7) is 0.662. The molecule has 0 atom stereocenters. The maximum absolute atomic E-state index is 6.18. The van der Waals surface area contributed by atoms with Gasteiger partial charge in [0.2, 0.25) is 0 Å². The quantitative estimate of drug-likeness (QED) is 0.629. The number of fused-ring (bicyclic) bond motifs is 1. The molecular formula is C14H13Cl2N3. The molecule has 2 aromatic carbocycles. The second-order valence-corrected chi connectivity index (χ2v) is 4.61. The third-order valence-corrected chi connectivity index (χ3v) is 3.40. The predicted molar refractivity (Wildman–Crippen MR) is 73.5 cm³/mol. The molecule has 1 heterocycles. The zero-order valence-corrected chi connectivity index (χ0v) is 11.6. The third-order valence-electron chi connectivity index (χ3n) is 3.03. The lowest BCUT2D eigenvalue weighted by atomic mass is 10.2. The number of hydrogen-bond acceptors (Lipinski definition) is 1. The average Bonchev–Trinajstić information content (AvgIpc) is 2.69. The Kier molecular flexibility index (Phi) is 3.98. The molecule has 0 spiro atoms. The Labute approximate surface area is 122 Å². The van der Waals surface area contributed by atoms with Crippen LogP contribution in [-0.4, -0.2) is 4.98 Å². The van der Waals surface area contributed by atoms with Crippen LogP contribution < -0.4 is 22.7 Å². The molecule has 0 unspecified atom stereocenters. The number of benzene rings is 2. The molecule has 0 aliphatic heterocycles. The SMILES string of the molecule is Nc1[nH]c2ccccc2[n+]1Cc1ccccc1Cl.[Cl-]. The molecule has 98 valence electrons. The van der Waals surface area contributed by atoms with Crippen LogP contribution in [0, 0.1) is 0 Å². The summed E-state index contributed by atoms with van der Waals surface area (Å²) in [4.78, 5) is 3.16. The number of hydrogen-bond donors (Lipinski definition) is 2. The molecule has 0 saturated carbocycles. The summed E-state index contributed by atoms with van der Waals surface area (Å²) in [6, 6.07) is 15.8. The molecule has 3 rings (SSSR count). The van der Waals surface area contributed by atoms with Crippen LogP contribution in [0.25, 0.3) is 11.0 Å². The molecule has 0 radical (unpaired) electrons. The van der Waals surface area contributed by atoms with Crippen molar-refractivity contribution < 1.29 is 17.0 Å². The first-order valence-electron chi connectivity index (χ1n) is 5.75. The van der Waals surface area contributed by atoms with Crippen LogP contribution in [0.4, 0.5) is 5.95 Å². The molecule has 3 nitrogen and oxygen atoms in total. The molecule has 0 saturated heterocycles. The van der Waals surface area contributed by atoms with Crippen molar-refractivity contribution in [3.05, 3.63) is 59.1 Å². The number of nitrogen functional groups attached to an aromatic ring is 1. The Hall–Kier alpha value is -1.71. The van der Waals surface area contributed by atoms with Gasteiger partial charge in [-0.15, -0.1) is 0 Å². The van der Waals surface area contributed by atoms with E-state index >= 15 is 0 Å². The molecular weight excluding hydrogens is 281 g/mol. The number of para-hydroxylation sites is 2. The van der Waals surface area contributed by atoms with Gasteiger partial charge in [0.15, 0.2) is 0 Å². The lowest BCUT2D eigenvalue weighted by molar-refractivity contribution is -0.647. The number of H-pyrrole nitrogens is 1. The Bertz CT molecular complexity index is 707. The number of nitrogens with zero attached hydrogens (tertiary/aromatic N) is 1. The number of imidazole rings is 1. The monoisotopic (exact) mass is 293 g/mol. The predicted octanol–water partition coefficient (Wildman–Crippen LogP) is -0.257. The summed E-state index contributed by atoms with van der Waals surface area (Å²) < 4.78 is 2.02. The van der Waals surface area contributed by atoms with Gasteiger partial charge in [-0.2, -0.15) is 0 Å². The number of nitrogens with two attached hydrogens (primary N) is 1. The van der Waals surface area contributed by atoms with Crippen LogP contribution in [0.2, 0.25) is 5.02 Å². The fourth-order valence-electron chi connectivity index (χ4n) is 2.12. The fraction of sp³-hybridized carbons (Fsp3) is 0.0714. The Balaban J connectivity index is 0.00000133. The highest BCUT2D eigenvalue weighted by atomic mass is 35.5. The van der Waals surface area contributed by atoms with Crippen molar-refractivity contribution in [1.29, 1.82) is 0 Å². The molecule has 3 N–H and O–H groups in total. The van der Waals surface area contributed by atoms with E-state index < -0.39 is 0 Å². The van der Waals surface area contributed by atoms with Crippen LogP contribution in [0.5, 0.6) is 0 Å². The number of anilines is 1. The maximum atomic E-state index is 6.18. The lowest BCUT2D eigenvalue weighted by Crippen LogP contribution is -3.00. The Morgan fingerprint density at radius 2 is 1.74 bits per heavy atom. The number of nitrogens with one attached hydrogen (secondary N) is 1. The molecule has 3 aromatic rings. The summed E-state index contributed by atoms with van der Waals surface area (Å²) >= 11 is 6.18. The van der Waals surface area contributed by atoms with Crippen molar-refractivity contribution in [3.63, 3.8) is 0 Å². The average molecular weight is 294 g/mol. The van der Waals surface area contributed by atoms with E-state index in [1.807, 2.05) is 53.1 Å². The highest BCUT2D eigenvalue weighted by molar-refractivity contribution is 6.31. The van der Waals surface area contributed by atoms with Gasteiger partial charge in [0.25, 0.3) is 0 Å². The minimum absolute atomic E-state index is 0. The smallest absolute Gasteiger partial charge is 0.353 e. The van der Waals surface area contributed by atoms with E-state index in [0.717, 1.165) is 21.6 Å². The number of halogens is 2. The van der Waals surface area contributed by atoms with E-state index in [1.54, 1.807) is 0 Å². The van der Waals surface area contributed by atoms with E-state index in [4.69, 9.17) is 17.3 Å². The second kappa shape index (κ2) is 5.51. The summed E-state index contributed by atoms with van der Waals surface area (Å²) in [6.07, 6.45) is 0. The first kappa shape index (κ1) is 13.7. The molecule has 0 amide bonds. The topological polar surface area (TPSA) is 45.7 Å². The van der Waals surface area contributed by atoms with Gasteiger partial charge < -0.3 is 12.4 Å². The molecule has 1 aromatic heterocycles. The van der Waals surface area contributed by atoms with Gasteiger partial charge in [-0.05, 0) is 18.2 Å². The Morgan fingerprint density at radius 3 is 2.53 bits per heavy atom. The molecule has 0 aliphatic rings. The van der Waals surface area contributed by atoms with Crippen molar-refractivity contribution in [1.82, 2.24) is 4.98 Å². The van der Waals surface area contributed by atoms with E-state index in [2.05, 4.69) is 4.98 Å². The Morgan fingerprint density at radius 1 is 1.05 bits per heavy atom. The van der Waals surface area contributed by atoms with E-state index in [1.165, 1.54) is 0 Å². The molecule has 0 bridgehead atoms. The van der Waals surface area contributed by atoms with Gasteiger partial charge in [0.1, 0.15) is 11.0 Å². The largest absolute Gasteiger partial charge is 1.00 e. The fourth-order valence-corrected chi connectivity index (χ4v) is 2.31. The third kappa shape index (κ3) is 2.53. The van der Waals surface area contributed by atoms with E-state index in [-0.39, 0.29) is 12.4 Å². The van der Waals surface area contributed by atoms with Gasteiger partial charge in [0.05, 0.1) is 6.54 Å². The lowest BCUT2D eigenvalue weighted by Gasteiger charge is -2.03. The van der Waals surface area contributed by atoms with Crippen LogP contribution in [-0.2, 0) is 6.54 Å². The molecule has 5 heteroatoms. The van der Waals surface area contributed by atoms with Crippen molar-refractivity contribution in [2.45, 2.75) is 6.54 Å².